The first-order valence-corrected chi connectivity index (χ1v) is 14.1. The van der Waals surface area contributed by atoms with E-state index >= 15 is 0 Å². The van der Waals surface area contributed by atoms with Crippen molar-refractivity contribution in [2.45, 2.75) is 71.9 Å². The summed E-state index contributed by atoms with van der Waals surface area (Å²) in [5, 5.41) is 2.57. The fourth-order valence-corrected chi connectivity index (χ4v) is 5.18. The molecule has 1 amide bonds. The van der Waals surface area contributed by atoms with E-state index in [1.54, 1.807) is 0 Å². The summed E-state index contributed by atoms with van der Waals surface area (Å²) in [5.41, 5.74) is 5.50. The van der Waals surface area contributed by atoms with Crippen LogP contribution in [0.3, 0.4) is 0 Å². The van der Waals surface area contributed by atoms with Gasteiger partial charge in [-0.2, -0.15) is 0 Å². The molecule has 3 heterocycles. The van der Waals surface area contributed by atoms with Gasteiger partial charge in [-0.05, 0) is 79.9 Å². The van der Waals surface area contributed by atoms with Crippen LogP contribution < -0.4 is 5.32 Å². The maximum Gasteiger partial charge on any atom is 0.207 e. The highest BCUT2D eigenvalue weighted by molar-refractivity contribution is 5.45. The molecule has 2 aliphatic rings. The minimum Gasteiger partial charge on any atom is -0.493 e. The van der Waals surface area contributed by atoms with Gasteiger partial charge in [-0.15, -0.1) is 0 Å². The van der Waals surface area contributed by atoms with Crippen molar-refractivity contribution in [1.82, 2.24) is 15.2 Å². The minimum absolute atomic E-state index is 0.575. The molecule has 1 N–H and O–H groups in total. The summed E-state index contributed by atoms with van der Waals surface area (Å²) >= 11 is 0. The highest BCUT2D eigenvalue weighted by Crippen LogP contribution is 2.31. The number of unbranched alkanes of at least 4 members (excludes halogenated alkanes) is 1. The molecule has 204 valence electrons. The van der Waals surface area contributed by atoms with E-state index in [0.717, 1.165) is 70.5 Å². The van der Waals surface area contributed by atoms with Crippen molar-refractivity contribution in [3.05, 3.63) is 101 Å². The number of allylic oxidation sites excluding steroid dienone is 5. The molecule has 2 aliphatic heterocycles. The normalized spacial score (nSPS) is 21.4. The Hall–Kier alpha value is -3.18. The second-order valence-corrected chi connectivity index (χ2v) is 10.2. The summed E-state index contributed by atoms with van der Waals surface area (Å²) in [7, 11) is 0. The van der Waals surface area contributed by atoms with E-state index in [-0.39, 0.29) is 0 Å². The second kappa shape index (κ2) is 16.6. The largest absolute Gasteiger partial charge is 0.493 e. The summed E-state index contributed by atoms with van der Waals surface area (Å²) in [6.45, 7) is 10.2. The predicted molar refractivity (Wildman–Crippen MR) is 157 cm³/mol. The highest BCUT2D eigenvalue weighted by Gasteiger charge is 2.31. The Morgan fingerprint density at radius 1 is 1.21 bits per heavy atom. The predicted octanol–water partition coefficient (Wildman–Crippen LogP) is 6.55. The van der Waals surface area contributed by atoms with Gasteiger partial charge in [0.05, 0.1) is 6.61 Å². The average molecular weight is 516 g/mol. The van der Waals surface area contributed by atoms with Crippen molar-refractivity contribution in [1.29, 1.82) is 0 Å². The van der Waals surface area contributed by atoms with Gasteiger partial charge in [-0.3, -0.25) is 14.7 Å². The monoisotopic (exact) mass is 515 g/mol. The van der Waals surface area contributed by atoms with Crippen molar-refractivity contribution < 1.29 is 9.53 Å². The maximum absolute atomic E-state index is 9.57. The quantitative estimate of drug-likeness (QED) is 0.272. The van der Waals surface area contributed by atoms with Crippen LogP contribution in [0, 0.1) is 12.8 Å². The summed E-state index contributed by atoms with van der Waals surface area (Å²) in [4.78, 5) is 16.6. The Balaban J connectivity index is 0.000000505. The van der Waals surface area contributed by atoms with Crippen LogP contribution in [0.1, 0.15) is 62.6 Å². The maximum atomic E-state index is 9.57. The SMILES string of the molecule is C/C=C1/CCO/C1=C/C=C/CC1CC(Cc2ccccc2C)N(Cc2cccnc2)C1.CCCCNC=O. The van der Waals surface area contributed by atoms with Crippen molar-refractivity contribution in [2.75, 3.05) is 19.7 Å². The Morgan fingerprint density at radius 2 is 2.08 bits per heavy atom. The smallest absolute Gasteiger partial charge is 0.207 e. The van der Waals surface area contributed by atoms with Gasteiger partial charge in [-0.25, -0.2) is 0 Å². The summed E-state index contributed by atoms with van der Waals surface area (Å²) < 4.78 is 5.73. The lowest BCUT2D eigenvalue weighted by atomic mass is 9.95. The molecular formula is C33H45N3O2. The van der Waals surface area contributed by atoms with Crippen LogP contribution in [-0.2, 0) is 22.5 Å². The van der Waals surface area contributed by atoms with Gasteiger partial charge in [0.15, 0.2) is 0 Å². The second-order valence-electron chi connectivity index (χ2n) is 10.2. The minimum atomic E-state index is 0.575. The molecule has 2 saturated heterocycles. The van der Waals surface area contributed by atoms with Gasteiger partial charge in [0.2, 0.25) is 6.41 Å². The first kappa shape index (κ1) is 29.4. The molecule has 1 aromatic carbocycles. The molecule has 2 unspecified atom stereocenters. The van der Waals surface area contributed by atoms with E-state index < -0.39 is 0 Å². The highest BCUT2D eigenvalue weighted by atomic mass is 16.5. The Morgan fingerprint density at radius 3 is 2.82 bits per heavy atom. The number of carbonyl (C=O) groups excluding carboxylic acids is 1. The first-order valence-electron chi connectivity index (χ1n) is 14.1. The molecular weight excluding hydrogens is 470 g/mol. The number of hydrogen-bond donors (Lipinski definition) is 1. The van der Waals surface area contributed by atoms with Gasteiger partial charge < -0.3 is 10.1 Å². The molecule has 2 fully saturated rings. The third-order valence-corrected chi connectivity index (χ3v) is 7.34. The number of nitrogens with zero attached hydrogens (tertiary/aromatic N) is 2. The molecule has 4 rings (SSSR count). The molecule has 2 aromatic rings. The first-order chi connectivity index (χ1) is 18.6. The summed E-state index contributed by atoms with van der Waals surface area (Å²) in [5.74, 6) is 1.73. The van der Waals surface area contributed by atoms with E-state index in [1.165, 1.54) is 28.7 Å². The van der Waals surface area contributed by atoms with E-state index in [9.17, 15) is 4.79 Å². The fourth-order valence-electron chi connectivity index (χ4n) is 5.18. The molecule has 0 radical (unpaired) electrons. The van der Waals surface area contributed by atoms with E-state index in [1.807, 2.05) is 18.5 Å². The Labute approximate surface area is 229 Å². The zero-order valence-corrected chi connectivity index (χ0v) is 23.4. The topological polar surface area (TPSA) is 54.5 Å². The van der Waals surface area contributed by atoms with Crippen LogP contribution in [0.25, 0.3) is 0 Å². The summed E-state index contributed by atoms with van der Waals surface area (Å²) in [6.07, 6.45) is 20.1. The number of ether oxygens (including phenoxy) is 1. The summed E-state index contributed by atoms with van der Waals surface area (Å²) in [6, 6.07) is 13.6. The number of rotatable bonds is 11. The van der Waals surface area contributed by atoms with Crippen LogP contribution >= 0.6 is 0 Å². The van der Waals surface area contributed by atoms with Crippen molar-refractivity contribution in [2.24, 2.45) is 5.92 Å². The Bertz CT molecular complexity index is 1060. The number of benzene rings is 1. The van der Waals surface area contributed by atoms with Crippen molar-refractivity contribution >= 4 is 6.41 Å². The average Bonchev–Trinajstić information content (AvgIpc) is 3.55. The lowest BCUT2D eigenvalue weighted by Gasteiger charge is -2.25. The van der Waals surface area contributed by atoms with Gasteiger partial charge in [0, 0.05) is 44.5 Å². The van der Waals surface area contributed by atoms with E-state index in [4.69, 9.17) is 4.74 Å². The van der Waals surface area contributed by atoms with Crippen LogP contribution in [0.5, 0.6) is 0 Å². The van der Waals surface area contributed by atoms with E-state index in [0.29, 0.717) is 12.0 Å². The number of aryl methyl sites for hydroxylation is 1. The number of amides is 1. The fraction of sp³-hybridized carbons (Fsp3) is 0.455. The lowest BCUT2D eigenvalue weighted by Crippen LogP contribution is -2.31. The molecule has 0 saturated carbocycles. The van der Waals surface area contributed by atoms with Crippen LogP contribution in [0.4, 0.5) is 0 Å². The third-order valence-electron chi connectivity index (χ3n) is 7.34. The van der Waals surface area contributed by atoms with Gasteiger partial charge in [0.25, 0.3) is 0 Å². The molecule has 38 heavy (non-hydrogen) atoms. The number of hydrogen-bond acceptors (Lipinski definition) is 4. The zero-order chi connectivity index (χ0) is 27.0. The molecule has 0 spiro atoms. The number of aromatic nitrogens is 1. The van der Waals surface area contributed by atoms with Crippen molar-refractivity contribution in [3.63, 3.8) is 0 Å². The van der Waals surface area contributed by atoms with E-state index in [2.05, 4.69) is 90.6 Å². The van der Waals surface area contributed by atoms with Crippen LogP contribution in [0.15, 0.2) is 84.4 Å². The standard InChI is InChI=1S/C28H34N2O.C5H11NO/c1-3-25-14-16-31-28(25)13-7-5-10-23-17-27(18-26-12-6-4-9-22(26)2)30(20-23)21-24-11-8-15-29-19-24;1-2-3-4-6-5-7/h3-9,11-13,15,19,23,27H,10,14,16-18,20-21H2,1-2H3;5H,2-4H2,1H3,(H,6,7)/b7-5+,25-3-,28-13+;. The number of nitrogens with one attached hydrogen (secondary N) is 1. The van der Waals surface area contributed by atoms with Crippen LogP contribution in [0.2, 0.25) is 0 Å². The number of likely N-dealkylation sites (tertiary alicyclic amines) is 1. The molecule has 0 aliphatic carbocycles. The number of carbonyl (C=O) groups is 1. The van der Waals surface area contributed by atoms with Gasteiger partial charge in [0.1, 0.15) is 5.76 Å². The number of pyridine rings is 1. The zero-order valence-electron chi connectivity index (χ0n) is 23.4. The molecule has 2 atom stereocenters. The van der Waals surface area contributed by atoms with Gasteiger partial charge in [-0.1, -0.05) is 61.9 Å². The van der Waals surface area contributed by atoms with Gasteiger partial charge >= 0.3 is 0 Å². The lowest BCUT2D eigenvalue weighted by molar-refractivity contribution is -0.109. The van der Waals surface area contributed by atoms with Crippen molar-refractivity contribution in [3.8, 4) is 0 Å². The molecule has 5 nitrogen and oxygen atoms in total. The van der Waals surface area contributed by atoms with Crippen LogP contribution in [-0.4, -0.2) is 42.0 Å². The molecule has 1 aromatic heterocycles. The molecule has 0 bridgehead atoms. The Kier molecular flexibility index (Phi) is 12.8. The molecule has 5 heteroatoms. The third kappa shape index (κ3) is 9.60.